The fraction of sp³-hybridized carbons (Fsp3) is 0.938. The SMILES string of the molecule is CC(C)(C)CC1CCCN1C(=O)[C@@H]1CCC[C@@H]1CN. The van der Waals surface area contributed by atoms with Crippen molar-refractivity contribution in [3.05, 3.63) is 0 Å². The van der Waals surface area contributed by atoms with Crippen molar-refractivity contribution in [1.82, 2.24) is 4.90 Å². The van der Waals surface area contributed by atoms with Crippen LogP contribution in [0.1, 0.15) is 59.3 Å². The maximum absolute atomic E-state index is 12.8. The van der Waals surface area contributed by atoms with Gasteiger partial charge >= 0.3 is 0 Å². The smallest absolute Gasteiger partial charge is 0.226 e. The molecule has 2 fully saturated rings. The van der Waals surface area contributed by atoms with Crippen LogP contribution in [0.5, 0.6) is 0 Å². The average Bonchev–Trinajstić information content (AvgIpc) is 2.93. The molecule has 0 bridgehead atoms. The molecule has 1 saturated carbocycles. The molecule has 3 nitrogen and oxygen atoms in total. The Hall–Kier alpha value is -0.570. The summed E-state index contributed by atoms with van der Waals surface area (Å²) in [7, 11) is 0. The summed E-state index contributed by atoms with van der Waals surface area (Å²) in [5.41, 5.74) is 6.13. The zero-order chi connectivity index (χ0) is 14.0. The van der Waals surface area contributed by atoms with Crippen LogP contribution in [0.4, 0.5) is 0 Å². The molecule has 110 valence electrons. The maximum Gasteiger partial charge on any atom is 0.226 e. The molecule has 3 heteroatoms. The summed E-state index contributed by atoms with van der Waals surface area (Å²) < 4.78 is 0. The Morgan fingerprint density at radius 2 is 1.95 bits per heavy atom. The Balaban J connectivity index is 2.01. The van der Waals surface area contributed by atoms with Crippen molar-refractivity contribution in [1.29, 1.82) is 0 Å². The first-order valence-electron chi connectivity index (χ1n) is 7.93. The van der Waals surface area contributed by atoms with Gasteiger partial charge in [-0.25, -0.2) is 0 Å². The fourth-order valence-corrected chi connectivity index (χ4v) is 3.90. The van der Waals surface area contributed by atoms with Crippen molar-refractivity contribution < 1.29 is 4.79 Å². The number of carbonyl (C=O) groups excluding carboxylic acids is 1. The molecule has 3 atom stereocenters. The topological polar surface area (TPSA) is 46.3 Å². The Kier molecular flexibility index (Phi) is 4.54. The Labute approximate surface area is 117 Å². The minimum atomic E-state index is 0.213. The largest absolute Gasteiger partial charge is 0.339 e. The number of hydrogen-bond donors (Lipinski definition) is 1. The van der Waals surface area contributed by atoms with Gasteiger partial charge in [0.25, 0.3) is 0 Å². The first kappa shape index (κ1) is 14.8. The molecule has 1 unspecified atom stereocenters. The highest BCUT2D eigenvalue weighted by Gasteiger charge is 2.39. The molecule has 1 aliphatic heterocycles. The van der Waals surface area contributed by atoms with Crippen molar-refractivity contribution in [3.63, 3.8) is 0 Å². The molecule has 0 aromatic rings. The zero-order valence-corrected chi connectivity index (χ0v) is 12.8. The lowest BCUT2D eigenvalue weighted by molar-refractivity contribution is -0.137. The minimum Gasteiger partial charge on any atom is -0.339 e. The van der Waals surface area contributed by atoms with E-state index in [1.807, 2.05) is 0 Å². The van der Waals surface area contributed by atoms with Crippen molar-refractivity contribution in [3.8, 4) is 0 Å². The second-order valence-corrected chi connectivity index (χ2v) is 7.63. The summed E-state index contributed by atoms with van der Waals surface area (Å²) >= 11 is 0. The van der Waals surface area contributed by atoms with Gasteiger partial charge in [-0.05, 0) is 50.0 Å². The number of likely N-dealkylation sites (tertiary alicyclic amines) is 1. The van der Waals surface area contributed by atoms with E-state index in [4.69, 9.17) is 5.73 Å². The van der Waals surface area contributed by atoms with Gasteiger partial charge in [0.15, 0.2) is 0 Å². The molecule has 1 saturated heterocycles. The monoisotopic (exact) mass is 266 g/mol. The van der Waals surface area contributed by atoms with Crippen LogP contribution in [0.25, 0.3) is 0 Å². The third-order valence-electron chi connectivity index (χ3n) is 4.79. The van der Waals surface area contributed by atoms with Gasteiger partial charge in [-0.3, -0.25) is 4.79 Å². The van der Waals surface area contributed by atoms with Crippen LogP contribution in [0.3, 0.4) is 0 Å². The van der Waals surface area contributed by atoms with E-state index in [1.165, 1.54) is 19.3 Å². The number of rotatable bonds is 3. The number of nitrogens with zero attached hydrogens (tertiary/aromatic N) is 1. The molecule has 2 N–H and O–H groups in total. The second-order valence-electron chi connectivity index (χ2n) is 7.63. The first-order chi connectivity index (χ1) is 8.92. The number of hydrogen-bond acceptors (Lipinski definition) is 2. The van der Waals surface area contributed by atoms with E-state index in [2.05, 4.69) is 25.7 Å². The summed E-state index contributed by atoms with van der Waals surface area (Å²) in [4.78, 5) is 15.0. The molecular formula is C16H30N2O. The third-order valence-corrected chi connectivity index (χ3v) is 4.79. The van der Waals surface area contributed by atoms with Gasteiger partial charge in [-0.2, -0.15) is 0 Å². The van der Waals surface area contributed by atoms with E-state index in [1.54, 1.807) is 0 Å². The van der Waals surface area contributed by atoms with Gasteiger partial charge in [0, 0.05) is 18.5 Å². The van der Waals surface area contributed by atoms with Gasteiger partial charge in [0.05, 0.1) is 0 Å². The zero-order valence-electron chi connectivity index (χ0n) is 12.8. The van der Waals surface area contributed by atoms with Crippen LogP contribution in [-0.4, -0.2) is 29.9 Å². The van der Waals surface area contributed by atoms with Gasteiger partial charge < -0.3 is 10.6 Å². The van der Waals surface area contributed by atoms with Crippen LogP contribution in [0, 0.1) is 17.3 Å². The van der Waals surface area contributed by atoms with Crippen LogP contribution in [0.15, 0.2) is 0 Å². The van der Waals surface area contributed by atoms with Crippen LogP contribution >= 0.6 is 0 Å². The molecule has 0 radical (unpaired) electrons. The number of nitrogens with two attached hydrogens (primary N) is 1. The van der Waals surface area contributed by atoms with Gasteiger partial charge in [0.1, 0.15) is 0 Å². The average molecular weight is 266 g/mol. The van der Waals surface area contributed by atoms with E-state index in [9.17, 15) is 4.79 Å². The molecule has 0 aromatic carbocycles. The highest BCUT2D eigenvalue weighted by atomic mass is 16.2. The summed E-state index contributed by atoms with van der Waals surface area (Å²) in [5.74, 6) is 1.05. The number of amides is 1. The summed E-state index contributed by atoms with van der Waals surface area (Å²) in [6, 6.07) is 0.464. The van der Waals surface area contributed by atoms with Gasteiger partial charge in [-0.1, -0.05) is 27.2 Å². The summed E-state index contributed by atoms with van der Waals surface area (Å²) in [5, 5.41) is 0. The number of carbonyl (C=O) groups is 1. The van der Waals surface area contributed by atoms with Crippen molar-refractivity contribution >= 4 is 5.91 Å². The summed E-state index contributed by atoms with van der Waals surface area (Å²) in [6.07, 6.45) is 6.86. The van der Waals surface area contributed by atoms with Gasteiger partial charge in [0.2, 0.25) is 5.91 Å². The van der Waals surface area contributed by atoms with E-state index >= 15 is 0 Å². The highest BCUT2D eigenvalue weighted by Crippen LogP contribution is 2.36. The molecular weight excluding hydrogens is 236 g/mol. The molecule has 0 aromatic heterocycles. The molecule has 0 spiro atoms. The van der Waals surface area contributed by atoms with E-state index in [-0.39, 0.29) is 5.92 Å². The molecule has 1 amide bonds. The van der Waals surface area contributed by atoms with E-state index < -0.39 is 0 Å². The lowest BCUT2D eigenvalue weighted by atomic mass is 9.86. The lowest BCUT2D eigenvalue weighted by Crippen LogP contribution is -2.43. The molecule has 2 aliphatic rings. The van der Waals surface area contributed by atoms with Crippen LogP contribution in [-0.2, 0) is 4.79 Å². The van der Waals surface area contributed by atoms with Crippen molar-refractivity contribution in [2.45, 2.75) is 65.3 Å². The molecule has 2 rings (SSSR count). The Morgan fingerprint density at radius 1 is 1.21 bits per heavy atom. The van der Waals surface area contributed by atoms with Crippen LogP contribution < -0.4 is 5.73 Å². The Morgan fingerprint density at radius 3 is 2.58 bits per heavy atom. The Bertz CT molecular complexity index is 321. The quantitative estimate of drug-likeness (QED) is 0.854. The fourth-order valence-electron chi connectivity index (χ4n) is 3.90. The molecule has 1 heterocycles. The highest BCUT2D eigenvalue weighted by molar-refractivity contribution is 5.80. The van der Waals surface area contributed by atoms with E-state index in [0.717, 1.165) is 25.8 Å². The lowest BCUT2D eigenvalue weighted by Gasteiger charge is -2.33. The summed E-state index contributed by atoms with van der Waals surface area (Å²) in [6.45, 7) is 8.45. The normalized spacial score (nSPS) is 32.0. The van der Waals surface area contributed by atoms with Crippen molar-refractivity contribution in [2.24, 2.45) is 23.0 Å². The van der Waals surface area contributed by atoms with Gasteiger partial charge in [-0.15, -0.1) is 0 Å². The third kappa shape index (κ3) is 3.50. The molecule has 1 aliphatic carbocycles. The maximum atomic E-state index is 12.8. The minimum absolute atomic E-state index is 0.213. The van der Waals surface area contributed by atoms with E-state index in [0.29, 0.717) is 29.8 Å². The molecule has 19 heavy (non-hydrogen) atoms. The second kappa shape index (κ2) is 5.82. The van der Waals surface area contributed by atoms with Crippen LogP contribution in [0.2, 0.25) is 0 Å². The predicted octanol–water partition coefficient (Wildman–Crippen LogP) is 2.79. The standard InChI is InChI=1S/C16H30N2O/c1-16(2,3)10-13-7-5-9-18(13)15(19)14-8-4-6-12(14)11-17/h12-14H,4-11,17H2,1-3H3/t12-,13?,14-/m1/s1. The van der Waals surface area contributed by atoms with Crippen molar-refractivity contribution in [2.75, 3.05) is 13.1 Å². The predicted molar refractivity (Wildman–Crippen MR) is 78.7 cm³/mol. The first-order valence-corrected chi connectivity index (χ1v) is 7.93.